The van der Waals surface area contributed by atoms with E-state index >= 15 is 0 Å². The van der Waals surface area contributed by atoms with Crippen LogP contribution in [-0.2, 0) is 6.42 Å². The summed E-state index contributed by atoms with van der Waals surface area (Å²) in [5, 5.41) is 13.0. The Morgan fingerprint density at radius 3 is 3.06 bits per heavy atom. The normalized spacial score (nSPS) is 12.6. The van der Waals surface area contributed by atoms with Crippen molar-refractivity contribution in [2.24, 2.45) is 0 Å². The topological polar surface area (TPSA) is 78.0 Å². The average Bonchev–Trinajstić information content (AvgIpc) is 2.26. The number of aromatic nitrogens is 2. The van der Waals surface area contributed by atoms with Gasteiger partial charge in [0.15, 0.2) is 5.16 Å². The van der Waals surface area contributed by atoms with Crippen molar-refractivity contribution in [3.63, 3.8) is 0 Å². The van der Waals surface area contributed by atoms with Crippen LogP contribution in [0.4, 0.5) is 0 Å². The molecule has 0 aromatic carbocycles. The van der Waals surface area contributed by atoms with Gasteiger partial charge in [0.1, 0.15) is 0 Å². The Balaban J connectivity index is 2.61. The van der Waals surface area contributed by atoms with Gasteiger partial charge in [-0.25, -0.2) is 4.98 Å². The number of aliphatic hydroxyl groups is 1. The maximum atomic E-state index is 11.4. The van der Waals surface area contributed by atoms with Gasteiger partial charge in [0.05, 0.1) is 6.10 Å². The van der Waals surface area contributed by atoms with E-state index in [-0.39, 0.29) is 5.56 Å². The largest absolute Gasteiger partial charge is 0.391 e. The molecule has 3 N–H and O–H groups in total. The maximum Gasteiger partial charge on any atom is 0.251 e. The Morgan fingerprint density at radius 2 is 2.41 bits per heavy atom. The molecule has 0 amide bonds. The molecule has 5 nitrogen and oxygen atoms in total. The maximum absolute atomic E-state index is 11.4. The number of aliphatic hydroxyl groups excluding tert-OH is 1. The number of nitrogens with one attached hydrogen (secondary N) is 2. The SMILES string of the molecule is CCCc1cc(=O)[nH]c(SCC(O)CNC)n1. The Morgan fingerprint density at radius 1 is 1.65 bits per heavy atom. The summed E-state index contributed by atoms with van der Waals surface area (Å²) in [6, 6.07) is 1.53. The zero-order chi connectivity index (χ0) is 12.7. The first kappa shape index (κ1) is 14.2. The summed E-state index contributed by atoms with van der Waals surface area (Å²) in [7, 11) is 1.79. The highest BCUT2D eigenvalue weighted by atomic mass is 32.2. The number of H-pyrrole nitrogens is 1. The molecule has 17 heavy (non-hydrogen) atoms. The van der Waals surface area contributed by atoms with E-state index in [9.17, 15) is 9.90 Å². The van der Waals surface area contributed by atoms with Crippen LogP contribution in [0.15, 0.2) is 16.0 Å². The fourth-order valence-corrected chi connectivity index (χ4v) is 2.23. The minimum atomic E-state index is -0.440. The van der Waals surface area contributed by atoms with Gasteiger partial charge >= 0.3 is 0 Å². The molecule has 1 unspecified atom stereocenters. The molecule has 0 radical (unpaired) electrons. The van der Waals surface area contributed by atoms with Gasteiger partial charge < -0.3 is 15.4 Å². The fourth-order valence-electron chi connectivity index (χ4n) is 1.41. The van der Waals surface area contributed by atoms with Crippen LogP contribution >= 0.6 is 11.8 Å². The van der Waals surface area contributed by atoms with E-state index in [1.165, 1.54) is 17.8 Å². The number of rotatable bonds is 7. The minimum Gasteiger partial charge on any atom is -0.391 e. The van der Waals surface area contributed by atoms with Crippen LogP contribution in [0.5, 0.6) is 0 Å². The quantitative estimate of drug-likeness (QED) is 0.487. The van der Waals surface area contributed by atoms with Gasteiger partial charge in [0, 0.05) is 24.1 Å². The van der Waals surface area contributed by atoms with Crippen LogP contribution in [0, 0.1) is 0 Å². The third kappa shape index (κ3) is 5.34. The van der Waals surface area contributed by atoms with Crippen molar-refractivity contribution in [1.29, 1.82) is 0 Å². The Kier molecular flexibility index (Phi) is 6.25. The standard InChI is InChI=1S/C11H19N3O2S/c1-3-4-8-5-10(16)14-11(13-8)17-7-9(15)6-12-2/h5,9,12,15H,3-4,6-7H2,1-2H3,(H,13,14,16). The van der Waals surface area contributed by atoms with Crippen molar-refractivity contribution < 1.29 is 5.11 Å². The molecular formula is C11H19N3O2S. The second-order valence-electron chi connectivity index (χ2n) is 3.81. The van der Waals surface area contributed by atoms with E-state index in [1.807, 2.05) is 6.92 Å². The van der Waals surface area contributed by atoms with E-state index in [4.69, 9.17) is 0 Å². The minimum absolute atomic E-state index is 0.131. The number of likely N-dealkylation sites (N-methyl/N-ethyl adjacent to an activating group) is 1. The molecule has 0 saturated carbocycles. The van der Waals surface area contributed by atoms with Crippen molar-refractivity contribution in [2.45, 2.75) is 31.0 Å². The zero-order valence-corrected chi connectivity index (χ0v) is 11.0. The third-order valence-corrected chi connectivity index (χ3v) is 3.15. The first-order valence-corrected chi connectivity index (χ1v) is 6.70. The van der Waals surface area contributed by atoms with Crippen LogP contribution in [0.3, 0.4) is 0 Å². The molecule has 0 aliphatic carbocycles. The molecule has 1 aromatic heterocycles. The summed E-state index contributed by atoms with van der Waals surface area (Å²) in [6.07, 6.45) is 1.32. The number of nitrogens with zero attached hydrogens (tertiary/aromatic N) is 1. The summed E-state index contributed by atoms with van der Waals surface area (Å²) in [5.41, 5.74) is 0.677. The fraction of sp³-hybridized carbons (Fsp3) is 0.636. The molecule has 0 fully saturated rings. The first-order valence-electron chi connectivity index (χ1n) is 5.71. The predicted molar refractivity (Wildman–Crippen MR) is 69.5 cm³/mol. The molecule has 0 bridgehead atoms. The molecule has 96 valence electrons. The Hall–Kier alpha value is -0.850. The molecule has 1 rings (SSSR count). The van der Waals surface area contributed by atoms with Crippen LogP contribution in [-0.4, -0.2) is 40.5 Å². The lowest BCUT2D eigenvalue weighted by Crippen LogP contribution is -2.25. The van der Waals surface area contributed by atoms with E-state index in [0.29, 0.717) is 17.5 Å². The molecule has 6 heteroatoms. The lowest BCUT2D eigenvalue weighted by Gasteiger charge is -2.08. The monoisotopic (exact) mass is 257 g/mol. The molecule has 1 aromatic rings. The Bertz CT molecular complexity index is 395. The number of thioether (sulfide) groups is 1. The van der Waals surface area contributed by atoms with E-state index < -0.39 is 6.10 Å². The molecule has 1 atom stereocenters. The van der Waals surface area contributed by atoms with Gasteiger partial charge in [-0.15, -0.1) is 0 Å². The van der Waals surface area contributed by atoms with Crippen LogP contribution in [0.25, 0.3) is 0 Å². The summed E-state index contributed by atoms with van der Waals surface area (Å²) >= 11 is 1.37. The van der Waals surface area contributed by atoms with Crippen molar-refractivity contribution in [3.8, 4) is 0 Å². The molecule has 0 saturated heterocycles. The van der Waals surface area contributed by atoms with Gasteiger partial charge in [0.25, 0.3) is 5.56 Å². The third-order valence-electron chi connectivity index (χ3n) is 2.13. The van der Waals surface area contributed by atoms with Crippen LogP contribution in [0.1, 0.15) is 19.0 Å². The van der Waals surface area contributed by atoms with Crippen molar-refractivity contribution in [2.75, 3.05) is 19.3 Å². The molecule has 0 spiro atoms. The highest BCUT2D eigenvalue weighted by molar-refractivity contribution is 7.99. The zero-order valence-electron chi connectivity index (χ0n) is 10.2. The Labute approximate surface area is 105 Å². The van der Waals surface area contributed by atoms with E-state index in [2.05, 4.69) is 15.3 Å². The summed E-state index contributed by atoms with van der Waals surface area (Å²) in [5.74, 6) is 0.513. The second kappa shape index (κ2) is 7.47. The number of hydrogen-bond donors (Lipinski definition) is 3. The van der Waals surface area contributed by atoms with Gasteiger partial charge in [0.2, 0.25) is 0 Å². The van der Waals surface area contributed by atoms with Gasteiger partial charge in [-0.05, 0) is 13.5 Å². The summed E-state index contributed by atoms with van der Waals surface area (Å²) in [4.78, 5) is 18.4. The van der Waals surface area contributed by atoms with Crippen molar-refractivity contribution >= 4 is 11.8 Å². The van der Waals surface area contributed by atoms with Crippen LogP contribution in [0.2, 0.25) is 0 Å². The van der Waals surface area contributed by atoms with Crippen molar-refractivity contribution in [3.05, 3.63) is 22.1 Å². The summed E-state index contributed by atoms with van der Waals surface area (Å²) < 4.78 is 0. The highest BCUT2D eigenvalue weighted by Gasteiger charge is 2.06. The predicted octanol–water partition coefficient (Wildman–Crippen LogP) is 0.395. The lowest BCUT2D eigenvalue weighted by molar-refractivity contribution is 0.199. The summed E-state index contributed by atoms with van der Waals surface area (Å²) in [6.45, 7) is 2.58. The molecular weight excluding hydrogens is 238 g/mol. The molecule has 0 aliphatic heterocycles. The number of hydrogen-bond acceptors (Lipinski definition) is 5. The van der Waals surface area contributed by atoms with Gasteiger partial charge in [-0.1, -0.05) is 25.1 Å². The van der Waals surface area contributed by atoms with Gasteiger partial charge in [-0.2, -0.15) is 0 Å². The second-order valence-corrected chi connectivity index (χ2v) is 4.82. The van der Waals surface area contributed by atoms with E-state index in [1.54, 1.807) is 7.05 Å². The highest BCUT2D eigenvalue weighted by Crippen LogP contribution is 2.12. The van der Waals surface area contributed by atoms with Crippen molar-refractivity contribution in [1.82, 2.24) is 15.3 Å². The molecule has 1 heterocycles. The van der Waals surface area contributed by atoms with E-state index in [0.717, 1.165) is 18.5 Å². The lowest BCUT2D eigenvalue weighted by atomic mass is 10.2. The average molecular weight is 257 g/mol. The van der Waals surface area contributed by atoms with Crippen LogP contribution < -0.4 is 10.9 Å². The van der Waals surface area contributed by atoms with Gasteiger partial charge in [-0.3, -0.25) is 4.79 Å². The molecule has 0 aliphatic rings. The smallest absolute Gasteiger partial charge is 0.251 e. The number of aryl methyl sites for hydroxylation is 1. The first-order chi connectivity index (χ1) is 8.15. The number of aromatic amines is 1.